The zero-order valence-electron chi connectivity index (χ0n) is 19.7. The van der Waals surface area contributed by atoms with E-state index in [1.165, 1.54) is 28.0 Å². The first-order chi connectivity index (χ1) is 17.2. The topological polar surface area (TPSA) is 104 Å². The van der Waals surface area contributed by atoms with Crippen LogP contribution in [0.3, 0.4) is 0 Å². The molecule has 0 fully saturated rings. The average Bonchev–Trinajstić information content (AvgIpc) is 2.81. The number of nitrogen functional groups attached to an aromatic ring is 2. The molecule has 4 aromatic rings. The van der Waals surface area contributed by atoms with Gasteiger partial charge in [-0.05, 0) is 34.1 Å². The Morgan fingerprint density at radius 1 is 0.676 bits per heavy atom. The summed E-state index contributed by atoms with van der Waals surface area (Å²) in [6.07, 6.45) is 5.13. The number of anilines is 2. The fourth-order valence-electron chi connectivity index (χ4n) is 2.70. The van der Waals surface area contributed by atoms with Gasteiger partial charge in [0.05, 0.1) is 21.9 Å². The van der Waals surface area contributed by atoms with E-state index in [-0.39, 0.29) is 11.0 Å². The molecule has 4 aromatic heterocycles. The SMILES string of the molecule is Nc1ncc(F)cc1-c1cc(Cl)ncc1Cl.Nc1ncc(F)cc1Br.[CH3][Sn]([CH3])([CH3])[c]1cc(Cl)ncc1Cl. The summed E-state index contributed by atoms with van der Waals surface area (Å²) in [6.45, 7) is 0. The van der Waals surface area contributed by atoms with Crippen molar-refractivity contribution in [2.45, 2.75) is 14.8 Å². The van der Waals surface area contributed by atoms with Crippen LogP contribution in [-0.4, -0.2) is 38.3 Å². The predicted octanol–water partition coefficient (Wildman–Crippen LogP) is 7.67. The first-order valence-corrected chi connectivity index (χ1v) is 22.6. The maximum absolute atomic E-state index is 13.1. The number of aromatic nitrogens is 4. The number of pyridine rings is 4. The number of hydrogen-bond donors (Lipinski definition) is 2. The van der Waals surface area contributed by atoms with Crippen molar-refractivity contribution in [2.24, 2.45) is 0 Å². The average molecular weight is 760 g/mol. The van der Waals surface area contributed by atoms with Crippen molar-refractivity contribution < 1.29 is 8.78 Å². The predicted molar refractivity (Wildman–Crippen MR) is 155 cm³/mol. The molecule has 0 radical (unpaired) electrons. The molecule has 0 amide bonds. The zero-order valence-corrected chi connectivity index (χ0v) is 27.2. The van der Waals surface area contributed by atoms with Crippen LogP contribution < -0.4 is 15.0 Å². The van der Waals surface area contributed by atoms with Crippen LogP contribution in [0, 0.1) is 11.6 Å². The van der Waals surface area contributed by atoms with Crippen LogP contribution in [0.25, 0.3) is 11.1 Å². The van der Waals surface area contributed by atoms with E-state index in [1.54, 1.807) is 6.20 Å². The van der Waals surface area contributed by atoms with Crippen molar-refractivity contribution in [3.05, 3.63) is 85.5 Å². The van der Waals surface area contributed by atoms with E-state index in [2.05, 4.69) is 50.7 Å². The van der Waals surface area contributed by atoms with Gasteiger partial charge in [-0.25, -0.2) is 23.7 Å². The molecular formula is C23H21BrCl4F2N6Sn. The van der Waals surface area contributed by atoms with Crippen LogP contribution in [0.5, 0.6) is 0 Å². The molecular weight excluding hydrogens is 739 g/mol. The second-order valence-electron chi connectivity index (χ2n) is 8.33. The van der Waals surface area contributed by atoms with E-state index < -0.39 is 30.0 Å². The van der Waals surface area contributed by atoms with Crippen molar-refractivity contribution in [1.82, 2.24) is 19.9 Å². The Balaban J connectivity index is 0.000000204. The van der Waals surface area contributed by atoms with Gasteiger partial charge in [0.15, 0.2) is 0 Å². The van der Waals surface area contributed by atoms with Gasteiger partial charge in [0.25, 0.3) is 0 Å². The van der Waals surface area contributed by atoms with E-state index in [9.17, 15) is 8.78 Å². The van der Waals surface area contributed by atoms with E-state index >= 15 is 0 Å². The van der Waals surface area contributed by atoms with Crippen LogP contribution in [0.15, 0.2) is 53.5 Å². The Kier molecular flexibility index (Phi) is 12.0. The normalized spacial score (nSPS) is 10.6. The van der Waals surface area contributed by atoms with E-state index in [1.807, 2.05) is 6.07 Å². The third kappa shape index (κ3) is 9.96. The van der Waals surface area contributed by atoms with Gasteiger partial charge >= 0.3 is 87.4 Å². The van der Waals surface area contributed by atoms with E-state index in [0.717, 1.165) is 17.4 Å². The fraction of sp³-hybridized carbons (Fsp3) is 0.130. The molecule has 4 N–H and O–H groups in total. The van der Waals surface area contributed by atoms with Crippen molar-refractivity contribution in [1.29, 1.82) is 0 Å². The van der Waals surface area contributed by atoms with Gasteiger partial charge in [-0.3, -0.25) is 0 Å². The summed E-state index contributed by atoms with van der Waals surface area (Å²) < 4.78 is 27.0. The maximum atomic E-state index is 13.1. The Hall–Kier alpha value is -1.50. The standard InChI is InChI=1S/C10H6Cl2FN3.C5H4BrFN2.C5H2Cl2N.3CH3.Sn/c11-8-4-15-9(12)2-6(8)7-1-5(13)3-16-10(7)14;6-4-1-3(7)2-9-5(4)8;6-4-1-2-5(7)8-3-4;;;;/h1-4H,(H2,14,16);1-2H,(H2,8,9);2-3H;3*1H3;. The second-order valence-corrected chi connectivity index (χ2v) is 25.2. The van der Waals surface area contributed by atoms with Gasteiger partial charge in [-0.2, -0.15) is 0 Å². The molecule has 0 spiro atoms. The van der Waals surface area contributed by atoms with Gasteiger partial charge in [0.2, 0.25) is 0 Å². The molecule has 4 rings (SSSR count). The second kappa shape index (κ2) is 14.0. The third-order valence-corrected chi connectivity index (χ3v) is 12.4. The Labute approximate surface area is 245 Å². The van der Waals surface area contributed by atoms with Crippen molar-refractivity contribution in [3.8, 4) is 11.1 Å². The van der Waals surface area contributed by atoms with Crippen LogP contribution in [0.4, 0.5) is 20.4 Å². The molecule has 0 atom stereocenters. The summed E-state index contributed by atoms with van der Waals surface area (Å²) in [5.41, 5.74) is 11.8. The fourth-order valence-corrected chi connectivity index (χ4v) is 9.66. The number of nitrogens with zero attached hydrogens (tertiary/aromatic N) is 4. The summed E-state index contributed by atoms with van der Waals surface area (Å²) in [4.78, 5) is 21.8. The number of rotatable bonds is 2. The molecule has 37 heavy (non-hydrogen) atoms. The van der Waals surface area contributed by atoms with E-state index in [4.69, 9.17) is 57.9 Å². The van der Waals surface area contributed by atoms with Gasteiger partial charge in [0.1, 0.15) is 28.4 Å². The quantitative estimate of drug-likeness (QED) is 0.161. The molecule has 0 aliphatic carbocycles. The third-order valence-electron chi connectivity index (χ3n) is 4.46. The van der Waals surface area contributed by atoms with Gasteiger partial charge in [0, 0.05) is 17.3 Å². The summed E-state index contributed by atoms with van der Waals surface area (Å²) in [5.74, 6) is -0.397. The van der Waals surface area contributed by atoms with Crippen molar-refractivity contribution in [2.75, 3.05) is 11.5 Å². The first kappa shape index (κ1) is 31.7. The van der Waals surface area contributed by atoms with Crippen LogP contribution in [-0.2, 0) is 0 Å². The van der Waals surface area contributed by atoms with Crippen molar-refractivity contribution >= 4 is 95.9 Å². The van der Waals surface area contributed by atoms with Crippen LogP contribution in [0.2, 0.25) is 35.2 Å². The summed E-state index contributed by atoms with van der Waals surface area (Å²) in [6, 6.07) is 5.93. The van der Waals surface area contributed by atoms with Gasteiger partial charge in [-0.15, -0.1) is 0 Å². The minimum atomic E-state index is -2.07. The number of nitrogens with two attached hydrogens (primary N) is 2. The number of halogens is 7. The molecule has 0 unspecified atom stereocenters. The van der Waals surface area contributed by atoms with Crippen molar-refractivity contribution in [3.63, 3.8) is 0 Å². The van der Waals surface area contributed by atoms with Gasteiger partial charge in [-0.1, -0.05) is 23.2 Å². The molecule has 0 aliphatic rings. The van der Waals surface area contributed by atoms with Crippen LogP contribution in [0.1, 0.15) is 0 Å². The molecule has 0 aliphatic heterocycles. The molecule has 4 heterocycles. The zero-order chi connectivity index (χ0) is 27.9. The monoisotopic (exact) mass is 758 g/mol. The Morgan fingerprint density at radius 2 is 1.19 bits per heavy atom. The molecule has 6 nitrogen and oxygen atoms in total. The van der Waals surface area contributed by atoms with Gasteiger partial charge < -0.3 is 11.5 Å². The summed E-state index contributed by atoms with van der Waals surface area (Å²) in [7, 11) is 0. The molecule has 14 heteroatoms. The molecule has 0 aromatic carbocycles. The minimum absolute atomic E-state index is 0.186. The molecule has 0 bridgehead atoms. The molecule has 0 saturated heterocycles. The Bertz CT molecular complexity index is 1340. The summed E-state index contributed by atoms with van der Waals surface area (Å²) >= 11 is 24.4. The first-order valence-electron chi connectivity index (χ1n) is 10.3. The Morgan fingerprint density at radius 3 is 1.70 bits per heavy atom. The molecule has 196 valence electrons. The van der Waals surface area contributed by atoms with E-state index in [0.29, 0.717) is 31.6 Å². The number of hydrogen-bond acceptors (Lipinski definition) is 6. The summed E-state index contributed by atoms with van der Waals surface area (Å²) in [5, 5.41) is 1.90. The molecule has 0 saturated carbocycles. The van der Waals surface area contributed by atoms with Crippen LogP contribution >= 0.6 is 62.3 Å².